The standard InChI is InChI=1S/C13H24N2O3S2/c1-19-8-5-10(11(16)17)15-12(18)14-9-13(20-2)6-3-4-7-13/h10H,3-9H2,1-2H3,(H,16,17)(H2,14,15,18)/t10-/m1/s1. The molecule has 116 valence electrons. The van der Waals surface area contributed by atoms with Gasteiger partial charge in [-0.05, 0) is 37.5 Å². The maximum atomic E-state index is 11.8. The lowest BCUT2D eigenvalue weighted by molar-refractivity contribution is -0.139. The van der Waals surface area contributed by atoms with E-state index < -0.39 is 12.0 Å². The van der Waals surface area contributed by atoms with Crippen LogP contribution >= 0.6 is 23.5 Å². The van der Waals surface area contributed by atoms with Crippen molar-refractivity contribution < 1.29 is 14.7 Å². The molecule has 3 N–H and O–H groups in total. The second kappa shape index (κ2) is 8.67. The molecule has 1 fully saturated rings. The van der Waals surface area contributed by atoms with Crippen LogP contribution in [0.25, 0.3) is 0 Å². The number of nitrogens with one attached hydrogen (secondary N) is 2. The van der Waals surface area contributed by atoms with E-state index in [9.17, 15) is 9.59 Å². The smallest absolute Gasteiger partial charge is 0.326 e. The summed E-state index contributed by atoms with van der Waals surface area (Å²) in [6.07, 6.45) is 9.07. The fraction of sp³-hybridized carbons (Fsp3) is 0.846. The van der Waals surface area contributed by atoms with E-state index in [0.29, 0.717) is 18.7 Å². The van der Waals surface area contributed by atoms with Gasteiger partial charge in [0.25, 0.3) is 0 Å². The average molecular weight is 320 g/mol. The van der Waals surface area contributed by atoms with E-state index >= 15 is 0 Å². The summed E-state index contributed by atoms with van der Waals surface area (Å²) in [6.45, 7) is 0.606. The summed E-state index contributed by atoms with van der Waals surface area (Å²) in [5, 5.41) is 14.5. The molecule has 20 heavy (non-hydrogen) atoms. The molecule has 1 rings (SSSR count). The zero-order valence-corrected chi connectivity index (χ0v) is 13.7. The highest BCUT2D eigenvalue weighted by Gasteiger charge is 2.33. The molecule has 1 aliphatic rings. The van der Waals surface area contributed by atoms with Crippen molar-refractivity contribution in [1.82, 2.24) is 10.6 Å². The van der Waals surface area contributed by atoms with Crippen LogP contribution in [-0.4, -0.2) is 52.7 Å². The molecule has 1 aliphatic carbocycles. The van der Waals surface area contributed by atoms with E-state index in [1.807, 2.05) is 6.26 Å². The van der Waals surface area contributed by atoms with Crippen molar-refractivity contribution >= 4 is 35.5 Å². The van der Waals surface area contributed by atoms with Gasteiger partial charge in [-0.1, -0.05) is 12.8 Å². The third-order valence-electron chi connectivity index (χ3n) is 3.73. The Bertz CT molecular complexity index is 334. The van der Waals surface area contributed by atoms with Gasteiger partial charge in [0.15, 0.2) is 0 Å². The number of hydrogen-bond acceptors (Lipinski definition) is 4. The van der Waals surface area contributed by atoms with Gasteiger partial charge in [0.05, 0.1) is 0 Å². The lowest BCUT2D eigenvalue weighted by Crippen LogP contribution is -2.49. The topological polar surface area (TPSA) is 78.4 Å². The van der Waals surface area contributed by atoms with E-state index in [1.165, 1.54) is 12.8 Å². The number of carboxylic acid groups (broad SMARTS) is 1. The molecule has 0 bridgehead atoms. The van der Waals surface area contributed by atoms with Crippen LogP contribution < -0.4 is 10.6 Å². The number of carbonyl (C=O) groups excluding carboxylic acids is 1. The minimum Gasteiger partial charge on any atom is -0.480 e. The van der Waals surface area contributed by atoms with Crippen LogP contribution in [0, 0.1) is 0 Å². The SMILES string of the molecule is CSCC[C@@H](NC(=O)NCC1(SC)CCCC1)C(=O)O. The van der Waals surface area contributed by atoms with Gasteiger partial charge in [-0.25, -0.2) is 9.59 Å². The van der Waals surface area contributed by atoms with E-state index in [4.69, 9.17) is 5.11 Å². The number of hydrogen-bond donors (Lipinski definition) is 3. The van der Waals surface area contributed by atoms with Gasteiger partial charge in [-0.3, -0.25) is 0 Å². The summed E-state index contributed by atoms with van der Waals surface area (Å²) >= 11 is 3.37. The first-order chi connectivity index (χ1) is 9.53. The van der Waals surface area contributed by atoms with Crippen molar-refractivity contribution in [3.8, 4) is 0 Å². The van der Waals surface area contributed by atoms with Crippen molar-refractivity contribution in [2.24, 2.45) is 0 Å². The van der Waals surface area contributed by atoms with Crippen molar-refractivity contribution in [1.29, 1.82) is 0 Å². The van der Waals surface area contributed by atoms with Crippen molar-refractivity contribution in [2.45, 2.75) is 42.9 Å². The molecule has 0 aromatic rings. The Morgan fingerprint density at radius 1 is 1.30 bits per heavy atom. The summed E-state index contributed by atoms with van der Waals surface area (Å²) in [6, 6.07) is -1.19. The zero-order valence-electron chi connectivity index (χ0n) is 12.1. The van der Waals surface area contributed by atoms with Gasteiger partial charge >= 0.3 is 12.0 Å². The lowest BCUT2D eigenvalue weighted by Gasteiger charge is -2.27. The van der Waals surface area contributed by atoms with Crippen LogP contribution in [-0.2, 0) is 4.79 Å². The summed E-state index contributed by atoms with van der Waals surface area (Å²) < 4.78 is 0.134. The molecular formula is C13H24N2O3S2. The molecule has 0 spiro atoms. The highest BCUT2D eigenvalue weighted by Crippen LogP contribution is 2.39. The number of amides is 2. The molecule has 0 heterocycles. The minimum absolute atomic E-state index is 0.134. The highest BCUT2D eigenvalue weighted by molar-refractivity contribution is 8.00. The molecule has 7 heteroatoms. The molecule has 0 saturated heterocycles. The Hall–Kier alpha value is -0.560. The fourth-order valence-corrected chi connectivity index (χ4v) is 3.80. The number of rotatable bonds is 8. The second-order valence-corrected chi connectivity index (χ2v) is 7.35. The molecule has 0 aromatic heterocycles. The van der Waals surface area contributed by atoms with Crippen LogP contribution in [0.1, 0.15) is 32.1 Å². The monoisotopic (exact) mass is 320 g/mol. The Morgan fingerprint density at radius 3 is 2.45 bits per heavy atom. The van der Waals surface area contributed by atoms with Crippen LogP contribution in [0.5, 0.6) is 0 Å². The second-order valence-electron chi connectivity index (χ2n) is 5.09. The molecule has 5 nitrogen and oxygen atoms in total. The molecule has 0 aliphatic heterocycles. The fourth-order valence-electron chi connectivity index (χ4n) is 2.42. The normalized spacial score (nSPS) is 18.5. The number of carboxylic acids is 1. The van der Waals surface area contributed by atoms with Gasteiger partial charge < -0.3 is 15.7 Å². The van der Waals surface area contributed by atoms with Crippen molar-refractivity contribution in [3.63, 3.8) is 0 Å². The zero-order chi connectivity index (χ0) is 15.0. The lowest BCUT2D eigenvalue weighted by atomic mass is 10.1. The Kier molecular flexibility index (Phi) is 7.58. The maximum Gasteiger partial charge on any atom is 0.326 e. The quantitative estimate of drug-likeness (QED) is 0.639. The van der Waals surface area contributed by atoms with Gasteiger partial charge in [-0.2, -0.15) is 23.5 Å². The Morgan fingerprint density at radius 2 is 1.95 bits per heavy atom. The van der Waals surface area contributed by atoms with Gasteiger partial charge in [0.2, 0.25) is 0 Å². The molecule has 0 unspecified atom stereocenters. The summed E-state index contributed by atoms with van der Waals surface area (Å²) in [4.78, 5) is 22.9. The highest BCUT2D eigenvalue weighted by atomic mass is 32.2. The van der Waals surface area contributed by atoms with Crippen LogP contribution in [0.4, 0.5) is 4.79 Å². The van der Waals surface area contributed by atoms with Gasteiger partial charge in [0, 0.05) is 11.3 Å². The van der Waals surface area contributed by atoms with Gasteiger partial charge in [-0.15, -0.1) is 0 Å². The Balaban J connectivity index is 2.39. The molecule has 1 saturated carbocycles. The predicted molar refractivity (Wildman–Crippen MR) is 85.7 cm³/mol. The number of thioether (sulfide) groups is 2. The first-order valence-corrected chi connectivity index (χ1v) is 9.46. The van der Waals surface area contributed by atoms with E-state index in [-0.39, 0.29) is 10.8 Å². The first kappa shape index (κ1) is 17.5. The van der Waals surface area contributed by atoms with Crippen LogP contribution in [0.2, 0.25) is 0 Å². The summed E-state index contributed by atoms with van der Waals surface area (Å²) in [5.74, 6) is -0.263. The summed E-state index contributed by atoms with van der Waals surface area (Å²) in [5.41, 5.74) is 0. The minimum atomic E-state index is -0.977. The average Bonchev–Trinajstić information content (AvgIpc) is 2.90. The molecule has 0 aromatic carbocycles. The van der Waals surface area contributed by atoms with Crippen molar-refractivity contribution in [3.05, 3.63) is 0 Å². The summed E-state index contributed by atoms with van der Waals surface area (Å²) in [7, 11) is 0. The molecule has 0 radical (unpaired) electrons. The van der Waals surface area contributed by atoms with Gasteiger partial charge in [0.1, 0.15) is 6.04 Å². The van der Waals surface area contributed by atoms with E-state index in [2.05, 4.69) is 16.9 Å². The third kappa shape index (κ3) is 5.44. The molecule has 1 atom stereocenters. The molecule has 2 amide bonds. The van der Waals surface area contributed by atoms with E-state index in [0.717, 1.165) is 12.8 Å². The Labute approximate surface area is 129 Å². The van der Waals surface area contributed by atoms with Crippen molar-refractivity contribution in [2.75, 3.05) is 24.8 Å². The largest absolute Gasteiger partial charge is 0.480 e. The first-order valence-electron chi connectivity index (χ1n) is 6.84. The van der Waals surface area contributed by atoms with E-state index in [1.54, 1.807) is 23.5 Å². The third-order valence-corrected chi connectivity index (χ3v) is 5.80. The molecular weight excluding hydrogens is 296 g/mol. The number of carbonyl (C=O) groups is 2. The number of aliphatic carboxylic acids is 1. The van der Waals surface area contributed by atoms with Crippen LogP contribution in [0.15, 0.2) is 0 Å². The van der Waals surface area contributed by atoms with Crippen LogP contribution in [0.3, 0.4) is 0 Å². The maximum absolute atomic E-state index is 11.8. The number of urea groups is 1. The predicted octanol–water partition coefficient (Wildman–Crippen LogP) is 2.17.